The molecule has 6 nitrogen and oxygen atoms in total. The summed E-state index contributed by atoms with van der Waals surface area (Å²) < 4.78 is 0. The highest BCUT2D eigenvalue weighted by Gasteiger charge is 2.06. The third-order valence-corrected chi connectivity index (χ3v) is 3.24. The van der Waals surface area contributed by atoms with E-state index in [2.05, 4.69) is 25.7 Å². The lowest BCUT2D eigenvalue weighted by Crippen LogP contribution is -2.21. The Morgan fingerprint density at radius 2 is 1.87 bits per heavy atom. The Morgan fingerprint density at radius 3 is 2.52 bits per heavy atom. The van der Waals surface area contributed by atoms with Crippen LogP contribution in [-0.4, -0.2) is 48.2 Å². The summed E-state index contributed by atoms with van der Waals surface area (Å²) in [7, 11) is 4.03. The molecule has 1 aromatic carbocycles. The van der Waals surface area contributed by atoms with Crippen molar-refractivity contribution < 1.29 is 4.79 Å². The molecule has 122 valence electrons. The quantitative estimate of drug-likeness (QED) is 0.817. The number of anilines is 2. The molecule has 1 aromatic heterocycles. The zero-order chi connectivity index (χ0) is 16.7. The molecule has 0 saturated carbocycles. The van der Waals surface area contributed by atoms with E-state index in [1.165, 1.54) is 0 Å². The van der Waals surface area contributed by atoms with Crippen molar-refractivity contribution in [3.8, 4) is 0 Å². The number of carbonyl (C=O) groups is 1. The number of carbonyl (C=O) groups excluding carboxylic acids is 1. The van der Waals surface area contributed by atoms with Crippen LogP contribution in [0.4, 0.5) is 11.6 Å². The summed E-state index contributed by atoms with van der Waals surface area (Å²) in [4.78, 5) is 14.1. The van der Waals surface area contributed by atoms with Gasteiger partial charge in [-0.3, -0.25) is 4.79 Å². The van der Waals surface area contributed by atoms with Gasteiger partial charge in [-0.2, -0.15) is 0 Å². The van der Waals surface area contributed by atoms with Crippen molar-refractivity contribution in [3.63, 3.8) is 0 Å². The van der Waals surface area contributed by atoms with E-state index in [-0.39, 0.29) is 5.91 Å². The molecule has 1 amide bonds. The highest BCUT2D eigenvalue weighted by Crippen LogP contribution is 2.08. The fourth-order valence-electron chi connectivity index (χ4n) is 2.10. The Hall–Kier alpha value is -2.47. The van der Waals surface area contributed by atoms with E-state index in [0.29, 0.717) is 18.1 Å². The van der Waals surface area contributed by atoms with Gasteiger partial charge in [-0.25, -0.2) is 0 Å². The van der Waals surface area contributed by atoms with E-state index in [0.717, 1.165) is 24.2 Å². The van der Waals surface area contributed by atoms with Crippen molar-refractivity contribution in [1.82, 2.24) is 15.1 Å². The van der Waals surface area contributed by atoms with Crippen molar-refractivity contribution in [2.24, 2.45) is 0 Å². The Balaban J connectivity index is 1.84. The molecule has 1 heterocycles. The molecule has 0 spiro atoms. The highest BCUT2D eigenvalue weighted by atomic mass is 16.1. The molecule has 0 saturated heterocycles. The van der Waals surface area contributed by atoms with Crippen LogP contribution in [0.25, 0.3) is 0 Å². The number of nitrogens with one attached hydrogen (secondary N) is 2. The van der Waals surface area contributed by atoms with Gasteiger partial charge in [0.05, 0.1) is 6.42 Å². The molecule has 2 N–H and O–H groups in total. The Morgan fingerprint density at radius 1 is 1.13 bits per heavy atom. The van der Waals surface area contributed by atoms with Crippen LogP contribution in [0.5, 0.6) is 0 Å². The Kier molecular flexibility index (Phi) is 6.05. The molecule has 0 aliphatic rings. The normalized spacial score (nSPS) is 10.6. The molecule has 0 radical (unpaired) electrons. The minimum Gasteiger partial charge on any atom is -0.367 e. The number of nitrogens with zero attached hydrogens (tertiary/aromatic N) is 3. The summed E-state index contributed by atoms with van der Waals surface area (Å²) in [5.41, 5.74) is 2.13. The molecule has 23 heavy (non-hydrogen) atoms. The molecule has 0 fully saturated rings. The van der Waals surface area contributed by atoms with Gasteiger partial charge in [-0.15, -0.1) is 10.2 Å². The number of aromatic nitrogens is 2. The van der Waals surface area contributed by atoms with Crippen molar-refractivity contribution in [2.75, 3.05) is 37.8 Å². The summed E-state index contributed by atoms with van der Waals surface area (Å²) in [5, 5.41) is 14.0. The monoisotopic (exact) mass is 313 g/mol. The van der Waals surface area contributed by atoms with Crippen LogP contribution in [0.15, 0.2) is 36.4 Å². The van der Waals surface area contributed by atoms with E-state index in [1.54, 1.807) is 6.07 Å². The first kappa shape index (κ1) is 16.9. The predicted octanol–water partition coefficient (Wildman–Crippen LogP) is 1.94. The van der Waals surface area contributed by atoms with Crippen LogP contribution in [0, 0.1) is 6.92 Å². The van der Waals surface area contributed by atoms with Gasteiger partial charge >= 0.3 is 0 Å². The number of aryl methyl sites for hydroxylation is 1. The average molecular weight is 313 g/mol. The fraction of sp³-hybridized carbons (Fsp3) is 0.353. The third-order valence-electron chi connectivity index (χ3n) is 3.24. The molecule has 6 heteroatoms. The summed E-state index contributed by atoms with van der Waals surface area (Å²) in [6, 6.07) is 11.5. The minimum absolute atomic E-state index is 0.0989. The number of hydrogen-bond acceptors (Lipinski definition) is 5. The second-order valence-electron chi connectivity index (χ2n) is 5.75. The maximum absolute atomic E-state index is 12.0. The number of hydrogen-bond donors (Lipinski definition) is 2. The molecule has 2 aromatic rings. The van der Waals surface area contributed by atoms with Gasteiger partial charge in [-0.05, 0) is 38.7 Å². The SMILES string of the molecule is Cc1cccc(CC(=O)Nc2ccc(NCCN(C)C)nn2)c1. The topological polar surface area (TPSA) is 70.2 Å². The van der Waals surface area contributed by atoms with Gasteiger partial charge in [0.15, 0.2) is 5.82 Å². The van der Waals surface area contributed by atoms with Gasteiger partial charge in [-0.1, -0.05) is 29.8 Å². The molecular formula is C17H23N5O. The molecule has 0 aliphatic heterocycles. The first-order valence-corrected chi connectivity index (χ1v) is 7.60. The van der Waals surface area contributed by atoms with Gasteiger partial charge in [0.25, 0.3) is 0 Å². The summed E-state index contributed by atoms with van der Waals surface area (Å²) in [6.45, 7) is 3.71. The maximum Gasteiger partial charge on any atom is 0.229 e. The summed E-state index contributed by atoms with van der Waals surface area (Å²) in [5.74, 6) is 1.06. The smallest absolute Gasteiger partial charge is 0.229 e. The largest absolute Gasteiger partial charge is 0.367 e. The number of rotatable bonds is 7. The molecule has 0 aliphatic carbocycles. The van der Waals surface area contributed by atoms with Gasteiger partial charge in [0, 0.05) is 13.1 Å². The summed E-state index contributed by atoms with van der Waals surface area (Å²) in [6.07, 6.45) is 0.326. The van der Waals surface area contributed by atoms with E-state index in [4.69, 9.17) is 0 Å². The van der Waals surface area contributed by atoms with E-state index in [9.17, 15) is 4.79 Å². The zero-order valence-corrected chi connectivity index (χ0v) is 13.8. The van der Waals surface area contributed by atoms with Gasteiger partial charge < -0.3 is 15.5 Å². The molecule has 0 atom stereocenters. The number of amides is 1. The van der Waals surface area contributed by atoms with E-state index in [1.807, 2.05) is 51.4 Å². The molecule has 2 rings (SSSR count). The lowest BCUT2D eigenvalue weighted by atomic mass is 10.1. The Labute approximate surface area is 136 Å². The predicted molar refractivity (Wildman–Crippen MR) is 92.6 cm³/mol. The third kappa shape index (κ3) is 6.04. The highest BCUT2D eigenvalue weighted by molar-refractivity contribution is 5.91. The summed E-state index contributed by atoms with van der Waals surface area (Å²) >= 11 is 0. The van der Waals surface area contributed by atoms with E-state index >= 15 is 0 Å². The van der Waals surface area contributed by atoms with Gasteiger partial charge in [0.1, 0.15) is 5.82 Å². The van der Waals surface area contributed by atoms with Crippen molar-refractivity contribution in [2.45, 2.75) is 13.3 Å². The second-order valence-corrected chi connectivity index (χ2v) is 5.75. The van der Waals surface area contributed by atoms with Crippen LogP contribution in [0.2, 0.25) is 0 Å². The maximum atomic E-state index is 12.0. The van der Waals surface area contributed by atoms with Crippen LogP contribution < -0.4 is 10.6 Å². The van der Waals surface area contributed by atoms with Crippen molar-refractivity contribution in [1.29, 1.82) is 0 Å². The first-order valence-electron chi connectivity index (χ1n) is 7.60. The van der Waals surface area contributed by atoms with Crippen molar-refractivity contribution >= 4 is 17.5 Å². The number of likely N-dealkylation sites (N-methyl/N-ethyl adjacent to an activating group) is 1. The van der Waals surface area contributed by atoms with Gasteiger partial charge in [0.2, 0.25) is 5.91 Å². The average Bonchev–Trinajstić information content (AvgIpc) is 2.48. The zero-order valence-electron chi connectivity index (χ0n) is 13.8. The van der Waals surface area contributed by atoms with Crippen LogP contribution >= 0.6 is 0 Å². The first-order chi connectivity index (χ1) is 11.0. The molecule has 0 bridgehead atoms. The Bertz CT molecular complexity index is 640. The molecule has 0 unspecified atom stereocenters. The lowest BCUT2D eigenvalue weighted by Gasteiger charge is -2.10. The molecular weight excluding hydrogens is 290 g/mol. The lowest BCUT2D eigenvalue weighted by molar-refractivity contribution is -0.115. The van der Waals surface area contributed by atoms with Crippen LogP contribution in [0.1, 0.15) is 11.1 Å². The van der Waals surface area contributed by atoms with E-state index < -0.39 is 0 Å². The van der Waals surface area contributed by atoms with Crippen molar-refractivity contribution in [3.05, 3.63) is 47.5 Å². The standard InChI is InChI=1S/C17H23N5O/c1-13-5-4-6-14(11-13)12-17(23)19-16-8-7-15(20-21-16)18-9-10-22(2)3/h4-8,11H,9-10,12H2,1-3H3,(H,18,20)(H,19,21,23). The minimum atomic E-state index is -0.0989. The fourth-order valence-corrected chi connectivity index (χ4v) is 2.10. The second kappa shape index (κ2) is 8.24. The van der Waals surface area contributed by atoms with Crippen LogP contribution in [-0.2, 0) is 11.2 Å². The van der Waals surface area contributed by atoms with Crippen LogP contribution in [0.3, 0.4) is 0 Å². The number of benzene rings is 1.